The van der Waals surface area contributed by atoms with E-state index in [1.54, 1.807) is 24.4 Å². The third-order valence-electron chi connectivity index (χ3n) is 5.82. The number of rotatable bonds is 9. The van der Waals surface area contributed by atoms with E-state index < -0.39 is 10.0 Å². The average molecular weight is 448 g/mol. The summed E-state index contributed by atoms with van der Waals surface area (Å²) in [7, 11) is -3.51. The van der Waals surface area contributed by atoms with Crippen LogP contribution in [-0.2, 0) is 10.0 Å². The first-order valence-corrected chi connectivity index (χ1v) is 12.6. The van der Waals surface area contributed by atoms with E-state index in [1.807, 2.05) is 60.8 Å². The van der Waals surface area contributed by atoms with Gasteiger partial charge in [-0.2, -0.15) is 0 Å². The summed E-state index contributed by atoms with van der Waals surface area (Å²) < 4.78 is 28.1. The highest BCUT2D eigenvalue weighted by Gasteiger charge is 2.18. The van der Waals surface area contributed by atoms with Gasteiger partial charge in [0.05, 0.1) is 4.90 Å². The van der Waals surface area contributed by atoms with E-state index in [1.165, 1.54) is 25.7 Å². The molecule has 5 nitrogen and oxygen atoms in total. The molecule has 0 bridgehead atoms. The van der Waals surface area contributed by atoms with E-state index in [9.17, 15) is 8.42 Å². The highest BCUT2D eigenvalue weighted by molar-refractivity contribution is 7.89. The number of pyridine rings is 1. The number of aromatic nitrogens is 1. The Morgan fingerprint density at radius 2 is 1.69 bits per heavy atom. The Labute approximate surface area is 190 Å². The minimum Gasteiger partial charge on any atom is -0.355 e. The number of benzene rings is 2. The highest BCUT2D eigenvalue weighted by Crippen LogP contribution is 2.27. The monoisotopic (exact) mass is 447 g/mol. The molecule has 0 unspecified atom stereocenters. The quantitative estimate of drug-likeness (QED) is 0.431. The van der Waals surface area contributed by atoms with Crippen molar-refractivity contribution in [1.82, 2.24) is 9.71 Å². The van der Waals surface area contributed by atoms with Crippen molar-refractivity contribution in [1.29, 1.82) is 0 Å². The summed E-state index contributed by atoms with van der Waals surface area (Å²) in [6.07, 6.45) is 13.5. The Balaban J connectivity index is 1.36. The Morgan fingerprint density at radius 3 is 2.44 bits per heavy atom. The zero-order valence-corrected chi connectivity index (χ0v) is 18.9. The molecule has 0 amide bonds. The van der Waals surface area contributed by atoms with Crippen LogP contribution in [0.1, 0.15) is 43.2 Å². The number of nitrogens with zero attached hydrogens (tertiary/aromatic N) is 1. The summed E-state index contributed by atoms with van der Waals surface area (Å²) in [4.78, 5) is 4.39. The van der Waals surface area contributed by atoms with Crippen LogP contribution in [0, 0.1) is 5.92 Å². The lowest BCUT2D eigenvalue weighted by Crippen LogP contribution is -2.26. The van der Waals surface area contributed by atoms with E-state index in [0.29, 0.717) is 12.5 Å². The molecule has 1 aliphatic carbocycles. The molecule has 6 heteroatoms. The number of anilines is 2. The Hall–Kier alpha value is -2.96. The Bertz CT molecular complexity index is 1140. The third-order valence-corrected chi connectivity index (χ3v) is 7.27. The van der Waals surface area contributed by atoms with Crippen molar-refractivity contribution in [3.63, 3.8) is 0 Å². The van der Waals surface area contributed by atoms with Crippen molar-refractivity contribution in [2.75, 3.05) is 11.9 Å². The second-order valence-corrected chi connectivity index (χ2v) is 10.00. The van der Waals surface area contributed by atoms with Crippen LogP contribution in [0.25, 0.3) is 12.2 Å². The lowest BCUT2D eigenvalue weighted by Gasteiger charge is -2.12. The standard InChI is InChI=1S/C26H29N3O2S/c30-32(31,28-18-16-21-5-1-2-6-21)26-9-3-8-25(19-26)29-24-14-12-22(13-15-24)10-11-23-7-4-17-27-20-23/h3-4,7-15,17,19-21,28-29H,1-2,5-6,16,18H2/b11-10+. The number of nitrogens with one attached hydrogen (secondary N) is 2. The summed E-state index contributed by atoms with van der Waals surface area (Å²) in [6, 6.07) is 18.8. The molecular weight excluding hydrogens is 418 g/mol. The zero-order chi connectivity index (χ0) is 22.2. The highest BCUT2D eigenvalue weighted by atomic mass is 32.2. The summed E-state index contributed by atoms with van der Waals surface area (Å²) >= 11 is 0. The molecule has 1 heterocycles. The molecule has 32 heavy (non-hydrogen) atoms. The molecule has 1 fully saturated rings. The van der Waals surface area contributed by atoms with E-state index in [-0.39, 0.29) is 4.90 Å². The largest absolute Gasteiger partial charge is 0.355 e. The van der Waals surface area contributed by atoms with E-state index >= 15 is 0 Å². The van der Waals surface area contributed by atoms with Crippen LogP contribution in [0.4, 0.5) is 11.4 Å². The molecular formula is C26H29N3O2S. The fraction of sp³-hybridized carbons (Fsp3) is 0.269. The van der Waals surface area contributed by atoms with Crippen molar-refractivity contribution in [2.45, 2.75) is 37.0 Å². The predicted octanol–water partition coefficient (Wildman–Crippen LogP) is 5.85. The van der Waals surface area contributed by atoms with Crippen molar-refractivity contribution >= 4 is 33.6 Å². The second-order valence-electron chi connectivity index (χ2n) is 8.23. The van der Waals surface area contributed by atoms with Crippen molar-refractivity contribution in [3.05, 3.63) is 84.2 Å². The SMILES string of the molecule is O=S(=O)(NCCC1CCCC1)c1cccc(Nc2ccc(/C=C/c3cccnc3)cc2)c1. The molecule has 2 aromatic carbocycles. The second kappa shape index (κ2) is 10.6. The Morgan fingerprint density at radius 1 is 0.906 bits per heavy atom. The van der Waals surface area contributed by atoms with Gasteiger partial charge in [-0.25, -0.2) is 13.1 Å². The number of sulfonamides is 1. The molecule has 0 aliphatic heterocycles. The van der Waals surface area contributed by atoms with Gasteiger partial charge in [0.25, 0.3) is 0 Å². The molecule has 0 atom stereocenters. The molecule has 1 saturated carbocycles. The van der Waals surface area contributed by atoms with Gasteiger partial charge < -0.3 is 5.32 Å². The summed E-state index contributed by atoms with van der Waals surface area (Å²) in [6.45, 7) is 0.499. The molecule has 0 radical (unpaired) electrons. The predicted molar refractivity (Wildman–Crippen MR) is 131 cm³/mol. The summed E-state index contributed by atoms with van der Waals surface area (Å²) in [5, 5.41) is 3.29. The van der Waals surface area contributed by atoms with Crippen LogP contribution in [0.2, 0.25) is 0 Å². The van der Waals surface area contributed by atoms with Gasteiger partial charge in [0.15, 0.2) is 0 Å². The van der Waals surface area contributed by atoms with Crippen molar-refractivity contribution in [2.24, 2.45) is 5.92 Å². The number of hydrogen-bond donors (Lipinski definition) is 2. The van der Waals surface area contributed by atoms with Crippen LogP contribution in [0.5, 0.6) is 0 Å². The zero-order valence-electron chi connectivity index (χ0n) is 18.1. The minimum absolute atomic E-state index is 0.282. The van der Waals surface area contributed by atoms with Crippen LogP contribution >= 0.6 is 0 Å². The van der Waals surface area contributed by atoms with Crippen molar-refractivity contribution in [3.8, 4) is 0 Å². The van der Waals surface area contributed by atoms with Crippen LogP contribution in [-0.4, -0.2) is 19.9 Å². The Kier molecular flexibility index (Phi) is 7.35. The molecule has 0 saturated heterocycles. The molecule has 4 rings (SSSR count). The van der Waals surface area contributed by atoms with Crippen molar-refractivity contribution < 1.29 is 8.42 Å². The molecule has 0 spiro atoms. The summed E-state index contributed by atoms with van der Waals surface area (Å²) in [5.74, 6) is 0.660. The van der Waals surface area contributed by atoms with Gasteiger partial charge in [0.1, 0.15) is 0 Å². The van der Waals surface area contributed by atoms with Crippen LogP contribution in [0.3, 0.4) is 0 Å². The van der Waals surface area contributed by atoms with Gasteiger partial charge in [0.2, 0.25) is 10.0 Å². The first-order valence-electron chi connectivity index (χ1n) is 11.1. The lowest BCUT2D eigenvalue weighted by molar-refractivity contribution is 0.495. The van der Waals surface area contributed by atoms with Gasteiger partial charge in [-0.3, -0.25) is 4.98 Å². The maximum atomic E-state index is 12.7. The molecule has 1 aliphatic rings. The maximum Gasteiger partial charge on any atom is 0.240 e. The minimum atomic E-state index is -3.51. The first-order chi connectivity index (χ1) is 15.6. The molecule has 166 valence electrons. The summed E-state index contributed by atoms with van der Waals surface area (Å²) in [5.41, 5.74) is 3.75. The van der Waals surface area contributed by atoms with E-state index in [4.69, 9.17) is 0 Å². The third kappa shape index (κ3) is 6.28. The average Bonchev–Trinajstić information content (AvgIpc) is 3.33. The van der Waals surface area contributed by atoms with Gasteiger partial charge in [-0.15, -0.1) is 0 Å². The number of hydrogen-bond acceptors (Lipinski definition) is 4. The molecule has 3 aromatic rings. The first kappa shape index (κ1) is 22.2. The van der Waals surface area contributed by atoms with Gasteiger partial charge in [-0.1, -0.05) is 62.1 Å². The van der Waals surface area contributed by atoms with E-state index in [2.05, 4.69) is 15.0 Å². The lowest BCUT2D eigenvalue weighted by atomic mass is 10.1. The molecule has 1 aromatic heterocycles. The van der Waals surface area contributed by atoms with Crippen LogP contribution < -0.4 is 10.0 Å². The topological polar surface area (TPSA) is 71.1 Å². The van der Waals surface area contributed by atoms with Crippen LogP contribution in [0.15, 0.2) is 78.0 Å². The molecule has 2 N–H and O–H groups in total. The van der Waals surface area contributed by atoms with E-state index in [0.717, 1.165) is 28.9 Å². The van der Waals surface area contributed by atoms with Gasteiger partial charge in [0, 0.05) is 30.3 Å². The smallest absolute Gasteiger partial charge is 0.240 e. The van der Waals surface area contributed by atoms with Gasteiger partial charge >= 0.3 is 0 Å². The maximum absolute atomic E-state index is 12.7. The fourth-order valence-electron chi connectivity index (χ4n) is 4.03. The normalized spacial score (nSPS) is 14.8. The fourth-order valence-corrected chi connectivity index (χ4v) is 5.13. The van der Waals surface area contributed by atoms with Gasteiger partial charge in [-0.05, 0) is 59.9 Å².